The summed E-state index contributed by atoms with van der Waals surface area (Å²) < 4.78 is 32.5. The second-order valence-electron chi connectivity index (χ2n) is 10.7. The predicted octanol–water partition coefficient (Wildman–Crippen LogP) is 6.29. The molecule has 0 atom stereocenters. The normalized spacial score (nSPS) is 13.8. The number of ether oxygens (including phenoxy) is 3. The van der Waals surface area contributed by atoms with Crippen LogP contribution in [0.3, 0.4) is 0 Å². The fourth-order valence-electron chi connectivity index (χ4n) is 5.55. The number of imidazole rings is 1. The van der Waals surface area contributed by atoms with Crippen LogP contribution in [-0.2, 0) is 6.54 Å². The first kappa shape index (κ1) is 29.6. The van der Waals surface area contributed by atoms with Gasteiger partial charge in [-0.3, -0.25) is 0 Å². The first-order chi connectivity index (χ1) is 21.4. The molecule has 3 aromatic carbocycles. The van der Waals surface area contributed by atoms with E-state index in [-0.39, 0.29) is 5.82 Å². The molecule has 12 heteroatoms. The van der Waals surface area contributed by atoms with Crippen molar-refractivity contribution >= 4 is 38.9 Å². The highest BCUT2D eigenvalue weighted by molar-refractivity contribution is 7.18. The van der Waals surface area contributed by atoms with Gasteiger partial charge in [-0.15, -0.1) is 10.2 Å². The molecule has 1 saturated heterocycles. The lowest BCUT2D eigenvalue weighted by molar-refractivity contribution is 0.313. The summed E-state index contributed by atoms with van der Waals surface area (Å²) in [6.45, 7) is 6.69. The van der Waals surface area contributed by atoms with Crippen LogP contribution in [0.15, 0.2) is 48.5 Å². The Morgan fingerprint density at radius 1 is 0.886 bits per heavy atom. The summed E-state index contributed by atoms with van der Waals surface area (Å²) in [5, 5.41) is 13.9. The van der Waals surface area contributed by atoms with Crippen molar-refractivity contribution in [1.82, 2.24) is 24.6 Å². The molecule has 1 N–H and O–H groups in total. The first-order valence-corrected chi connectivity index (χ1v) is 15.4. The van der Waals surface area contributed by atoms with Crippen LogP contribution in [0, 0.1) is 5.82 Å². The van der Waals surface area contributed by atoms with Crippen molar-refractivity contribution in [3.8, 4) is 39.2 Å². The lowest BCUT2D eigenvalue weighted by Crippen LogP contribution is -2.44. The Balaban J connectivity index is 1.42. The van der Waals surface area contributed by atoms with Gasteiger partial charge in [0.15, 0.2) is 11.5 Å². The minimum absolute atomic E-state index is 0.265. The van der Waals surface area contributed by atoms with Gasteiger partial charge in [0.05, 0.1) is 43.7 Å². The van der Waals surface area contributed by atoms with E-state index in [9.17, 15) is 4.39 Å². The molecule has 10 nitrogen and oxygen atoms in total. The molecule has 0 spiro atoms. The van der Waals surface area contributed by atoms with E-state index in [0.29, 0.717) is 27.4 Å². The molecule has 0 unspecified atom stereocenters. The molecule has 230 valence electrons. The quantitative estimate of drug-likeness (QED) is 0.194. The smallest absolute Gasteiger partial charge is 0.210 e. The lowest BCUT2D eigenvalue weighted by atomic mass is 10.2. The molecule has 0 aliphatic carbocycles. The summed E-state index contributed by atoms with van der Waals surface area (Å²) in [7, 11) is 6.91. The number of aromatic nitrogens is 4. The van der Waals surface area contributed by atoms with E-state index >= 15 is 0 Å². The Labute approximate surface area is 260 Å². The summed E-state index contributed by atoms with van der Waals surface area (Å²) in [4.78, 5) is 9.78. The van der Waals surface area contributed by atoms with Gasteiger partial charge in [0.2, 0.25) is 10.9 Å². The number of nitrogens with zero attached hydrogens (tertiary/aromatic N) is 6. The van der Waals surface area contributed by atoms with Crippen LogP contribution in [0.1, 0.15) is 13.3 Å². The van der Waals surface area contributed by atoms with E-state index in [2.05, 4.69) is 56.0 Å². The molecular formula is C32H36FN7O3S. The lowest BCUT2D eigenvalue weighted by Gasteiger charge is -2.35. The van der Waals surface area contributed by atoms with Gasteiger partial charge in [-0.1, -0.05) is 18.3 Å². The average molecular weight is 618 g/mol. The van der Waals surface area contributed by atoms with E-state index in [1.165, 1.54) is 23.5 Å². The topological polar surface area (TPSA) is 89.8 Å². The summed E-state index contributed by atoms with van der Waals surface area (Å²) in [5.41, 5.74) is 5.57. The number of hydrogen-bond donors (Lipinski definition) is 1. The van der Waals surface area contributed by atoms with Crippen LogP contribution in [-0.4, -0.2) is 79.2 Å². The molecule has 0 radical (unpaired) electrons. The highest BCUT2D eigenvalue weighted by atomic mass is 32.1. The van der Waals surface area contributed by atoms with Gasteiger partial charge in [-0.2, -0.15) is 0 Å². The Hall–Kier alpha value is -4.42. The number of aryl methyl sites for hydroxylation is 1. The Kier molecular flexibility index (Phi) is 8.53. The van der Waals surface area contributed by atoms with Crippen LogP contribution in [0.25, 0.3) is 33.0 Å². The highest BCUT2D eigenvalue weighted by Crippen LogP contribution is 2.43. The van der Waals surface area contributed by atoms with Crippen molar-refractivity contribution in [3.63, 3.8) is 0 Å². The number of rotatable bonds is 10. The van der Waals surface area contributed by atoms with Crippen molar-refractivity contribution in [2.75, 3.05) is 64.8 Å². The molecule has 0 amide bonds. The van der Waals surface area contributed by atoms with Crippen LogP contribution in [0.2, 0.25) is 0 Å². The maximum atomic E-state index is 13.7. The van der Waals surface area contributed by atoms with E-state index < -0.39 is 0 Å². The minimum Gasteiger partial charge on any atom is -0.493 e. The van der Waals surface area contributed by atoms with Crippen molar-refractivity contribution in [3.05, 3.63) is 54.3 Å². The molecule has 2 aromatic heterocycles. The third-order valence-corrected chi connectivity index (χ3v) is 8.73. The number of anilines is 3. The van der Waals surface area contributed by atoms with Crippen LogP contribution in [0.5, 0.6) is 17.2 Å². The molecule has 1 fully saturated rings. The van der Waals surface area contributed by atoms with Crippen LogP contribution in [0.4, 0.5) is 20.9 Å². The largest absolute Gasteiger partial charge is 0.493 e. The molecule has 0 saturated carbocycles. The number of methoxy groups -OCH3 is 3. The zero-order valence-corrected chi connectivity index (χ0v) is 26.4. The van der Waals surface area contributed by atoms with Crippen LogP contribution >= 0.6 is 11.3 Å². The fraction of sp³-hybridized carbons (Fsp3) is 0.344. The Morgan fingerprint density at radius 2 is 1.59 bits per heavy atom. The average Bonchev–Trinajstić information content (AvgIpc) is 3.65. The number of nitrogens with one attached hydrogen (secondary N) is 1. The van der Waals surface area contributed by atoms with Crippen molar-refractivity contribution in [1.29, 1.82) is 0 Å². The van der Waals surface area contributed by atoms with Crippen molar-refractivity contribution in [2.24, 2.45) is 0 Å². The van der Waals surface area contributed by atoms with Gasteiger partial charge in [-0.05, 0) is 62.0 Å². The molecular weight excluding hydrogens is 581 g/mol. The van der Waals surface area contributed by atoms with E-state index in [0.717, 1.165) is 78.5 Å². The number of hydrogen-bond acceptors (Lipinski definition) is 10. The Morgan fingerprint density at radius 3 is 2.23 bits per heavy atom. The second kappa shape index (κ2) is 12.7. The second-order valence-corrected chi connectivity index (χ2v) is 11.7. The Bertz CT molecular complexity index is 1740. The summed E-state index contributed by atoms with van der Waals surface area (Å²) in [5.74, 6) is 2.18. The predicted molar refractivity (Wildman–Crippen MR) is 173 cm³/mol. The molecule has 0 bridgehead atoms. The standard InChI is InChI=1S/C32H36FN7O3S/c1-6-11-40-26-19-25(39-14-12-38(2)13-15-39)23(18-24(26)34-30(40)20-7-9-22(33)10-8-20)35-32-37-36-31(44-32)21-16-27(41-3)29(43-5)28(17-21)42-4/h7-10,16-19H,6,11-15H2,1-5H3,(H,35,37). The van der Waals surface area contributed by atoms with Gasteiger partial charge in [0.25, 0.3) is 0 Å². The maximum Gasteiger partial charge on any atom is 0.210 e. The molecule has 5 aromatic rings. The summed E-state index contributed by atoms with van der Waals surface area (Å²) >= 11 is 1.44. The monoisotopic (exact) mass is 617 g/mol. The molecule has 3 heterocycles. The van der Waals surface area contributed by atoms with E-state index in [4.69, 9.17) is 19.2 Å². The number of piperazine rings is 1. The van der Waals surface area contributed by atoms with E-state index in [1.807, 2.05) is 12.1 Å². The third-order valence-electron chi connectivity index (χ3n) is 7.84. The molecule has 44 heavy (non-hydrogen) atoms. The first-order valence-electron chi connectivity index (χ1n) is 14.6. The van der Waals surface area contributed by atoms with Gasteiger partial charge >= 0.3 is 0 Å². The molecule has 6 rings (SSSR count). The van der Waals surface area contributed by atoms with Gasteiger partial charge in [-0.25, -0.2) is 9.37 Å². The summed E-state index contributed by atoms with van der Waals surface area (Å²) in [6.07, 6.45) is 0.942. The van der Waals surface area contributed by atoms with Gasteiger partial charge < -0.3 is 33.9 Å². The minimum atomic E-state index is -0.265. The zero-order valence-electron chi connectivity index (χ0n) is 25.6. The molecule has 1 aliphatic heterocycles. The fourth-order valence-corrected chi connectivity index (χ4v) is 6.29. The number of fused-ring (bicyclic) bond motifs is 1. The van der Waals surface area contributed by atoms with Gasteiger partial charge in [0, 0.05) is 43.9 Å². The highest BCUT2D eigenvalue weighted by Gasteiger charge is 2.23. The number of benzene rings is 3. The van der Waals surface area contributed by atoms with Crippen molar-refractivity contribution < 1.29 is 18.6 Å². The van der Waals surface area contributed by atoms with Gasteiger partial charge in [0.1, 0.15) is 16.6 Å². The number of halogens is 1. The SMILES string of the molecule is CCCn1c(-c2ccc(F)cc2)nc2cc(Nc3nnc(-c4cc(OC)c(OC)c(OC)c4)s3)c(N3CCN(C)CC3)cc21. The van der Waals surface area contributed by atoms with Crippen molar-refractivity contribution in [2.45, 2.75) is 19.9 Å². The third kappa shape index (κ3) is 5.74. The summed E-state index contributed by atoms with van der Waals surface area (Å²) in [6, 6.07) is 14.6. The maximum absolute atomic E-state index is 13.7. The zero-order chi connectivity index (χ0) is 30.8. The van der Waals surface area contributed by atoms with E-state index in [1.54, 1.807) is 33.5 Å². The number of likely N-dealkylation sites (N-methyl/N-ethyl adjacent to an activating group) is 1. The molecule has 1 aliphatic rings. The van der Waals surface area contributed by atoms with Crippen LogP contribution < -0.4 is 24.4 Å².